The Morgan fingerprint density at radius 1 is 1.18 bits per heavy atom. The molecule has 0 spiro atoms. The summed E-state index contributed by atoms with van der Waals surface area (Å²) in [6.45, 7) is 6.92. The fourth-order valence-electron chi connectivity index (χ4n) is 3.86. The number of anilines is 1. The minimum Gasteiger partial charge on any atom is -0.378 e. The van der Waals surface area contributed by atoms with Gasteiger partial charge in [-0.2, -0.15) is 5.10 Å². The van der Waals surface area contributed by atoms with Gasteiger partial charge in [0, 0.05) is 42.8 Å². The van der Waals surface area contributed by atoms with Crippen LogP contribution in [0.1, 0.15) is 13.8 Å². The van der Waals surface area contributed by atoms with E-state index in [2.05, 4.69) is 46.2 Å². The lowest BCUT2D eigenvalue weighted by atomic mass is 10.0. The van der Waals surface area contributed by atoms with Crippen molar-refractivity contribution in [3.8, 4) is 11.1 Å². The number of nitrogens with zero attached hydrogens (tertiary/aromatic N) is 5. The molecular weight excluding hydrogens is 432 g/mol. The second-order valence-electron chi connectivity index (χ2n) is 8.63. The third-order valence-electron chi connectivity index (χ3n) is 5.85. The van der Waals surface area contributed by atoms with Crippen molar-refractivity contribution in [2.45, 2.75) is 20.4 Å². The first-order valence-corrected chi connectivity index (χ1v) is 11.4. The van der Waals surface area contributed by atoms with E-state index in [1.54, 1.807) is 17.1 Å². The first-order valence-electron chi connectivity index (χ1n) is 11.4. The van der Waals surface area contributed by atoms with Crippen molar-refractivity contribution in [3.05, 3.63) is 60.5 Å². The maximum absolute atomic E-state index is 12.5. The van der Waals surface area contributed by atoms with Crippen LogP contribution in [0.2, 0.25) is 0 Å². The maximum atomic E-state index is 12.5. The molecule has 0 aliphatic carbocycles. The number of fused-ring (bicyclic) bond motifs is 1. The number of nitrogens with one attached hydrogen (secondary N) is 3. The molecule has 10 nitrogen and oxygen atoms in total. The first-order chi connectivity index (χ1) is 16.5. The molecule has 3 N–H and O–H groups in total. The van der Waals surface area contributed by atoms with E-state index < -0.39 is 0 Å². The minimum absolute atomic E-state index is 0.0440. The molecule has 0 aromatic carbocycles. The number of ether oxygens (including phenoxy) is 1. The number of hydrogen-bond donors (Lipinski definition) is 3. The minimum atomic E-state index is 0.0440. The van der Waals surface area contributed by atoms with Gasteiger partial charge in [-0.25, -0.2) is 4.98 Å². The SMILES string of the molecule is CC(C)C1=CNNC(Nc2ccc3ncc(-c4cnn(CC(=O)N5CCOCC5)c4)cc3n2)=C1. The predicted octanol–water partition coefficient (Wildman–Crippen LogP) is 2.25. The number of hydrazine groups is 1. The van der Waals surface area contributed by atoms with Crippen molar-refractivity contribution < 1.29 is 9.53 Å². The second-order valence-corrected chi connectivity index (χ2v) is 8.63. The van der Waals surface area contributed by atoms with Gasteiger partial charge in [0.25, 0.3) is 0 Å². The van der Waals surface area contributed by atoms with E-state index in [0.717, 1.165) is 28.0 Å². The van der Waals surface area contributed by atoms with Crippen LogP contribution in [-0.4, -0.2) is 56.9 Å². The zero-order valence-corrected chi connectivity index (χ0v) is 19.3. The number of rotatable bonds is 6. The molecule has 0 bridgehead atoms. The summed E-state index contributed by atoms with van der Waals surface area (Å²) in [6.07, 6.45) is 9.44. The smallest absolute Gasteiger partial charge is 0.244 e. The van der Waals surface area contributed by atoms with Gasteiger partial charge in [-0.3, -0.25) is 19.9 Å². The third-order valence-corrected chi connectivity index (χ3v) is 5.85. The summed E-state index contributed by atoms with van der Waals surface area (Å²) in [5.41, 5.74) is 10.7. The summed E-state index contributed by atoms with van der Waals surface area (Å²) in [7, 11) is 0. The number of pyridine rings is 2. The molecule has 10 heteroatoms. The molecule has 2 aliphatic heterocycles. The van der Waals surface area contributed by atoms with Crippen molar-refractivity contribution in [1.29, 1.82) is 0 Å². The Bertz CT molecular complexity index is 1260. The highest BCUT2D eigenvalue weighted by molar-refractivity contribution is 5.81. The van der Waals surface area contributed by atoms with Crippen LogP contribution >= 0.6 is 0 Å². The van der Waals surface area contributed by atoms with Crippen LogP contribution in [0, 0.1) is 5.92 Å². The number of allylic oxidation sites excluding steroid dienone is 2. The summed E-state index contributed by atoms with van der Waals surface area (Å²) in [5.74, 6) is 1.99. The monoisotopic (exact) mass is 460 g/mol. The van der Waals surface area contributed by atoms with E-state index in [4.69, 9.17) is 9.72 Å². The van der Waals surface area contributed by atoms with Crippen LogP contribution in [-0.2, 0) is 16.1 Å². The molecule has 1 fully saturated rings. The molecule has 5 heterocycles. The third kappa shape index (κ3) is 4.86. The Morgan fingerprint density at radius 2 is 2.03 bits per heavy atom. The standard InChI is InChI=1S/C24H28N8O2/c1-16(2)17-10-23(30-26-12-17)29-22-4-3-20-21(28-22)9-18(11-25-20)19-13-27-32(14-19)15-24(33)31-5-7-34-8-6-31/h3-4,9-14,16,26,30H,5-8,15H2,1-2H3,(H,28,29). The maximum Gasteiger partial charge on any atom is 0.244 e. The highest BCUT2D eigenvalue weighted by Crippen LogP contribution is 2.23. The molecule has 0 saturated carbocycles. The van der Waals surface area contributed by atoms with Gasteiger partial charge in [0.05, 0.1) is 30.4 Å². The molecule has 176 valence electrons. The van der Waals surface area contributed by atoms with E-state index >= 15 is 0 Å². The van der Waals surface area contributed by atoms with Gasteiger partial charge >= 0.3 is 0 Å². The molecule has 1 saturated heterocycles. The Hall–Kier alpha value is -3.92. The van der Waals surface area contributed by atoms with Crippen molar-refractivity contribution in [2.24, 2.45) is 5.92 Å². The molecule has 3 aromatic heterocycles. The van der Waals surface area contributed by atoms with Gasteiger partial charge in [0.2, 0.25) is 5.91 Å². The van der Waals surface area contributed by atoms with Crippen LogP contribution in [0.25, 0.3) is 22.2 Å². The zero-order chi connectivity index (χ0) is 23.5. The Labute approximate surface area is 197 Å². The molecule has 2 aliphatic rings. The van der Waals surface area contributed by atoms with Gasteiger partial charge in [-0.1, -0.05) is 13.8 Å². The molecule has 0 atom stereocenters. The van der Waals surface area contributed by atoms with Gasteiger partial charge < -0.3 is 20.4 Å². The van der Waals surface area contributed by atoms with Crippen LogP contribution in [0.5, 0.6) is 0 Å². The molecule has 34 heavy (non-hydrogen) atoms. The zero-order valence-electron chi connectivity index (χ0n) is 19.3. The fourth-order valence-corrected chi connectivity index (χ4v) is 3.86. The van der Waals surface area contributed by atoms with Gasteiger partial charge in [-0.05, 0) is 35.8 Å². The Balaban J connectivity index is 1.32. The van der Waals surface area contributed by atoms with E-state index in [-0.39, 0.29) is 12.5 Å². The van der Waals surface area contributed by atoms with E-state index in [9.17, 15) is 4.79 Å². The van der Waals surface area contributed by atoms with E-state index in [1.807, 2.05) is 35.5 Å². The quantitative estimate of drug-likeness (QED) is 0.514. The van der Waals surface area contributed by atoms with Crippen LogP contribution < -0.4 is 16.2 Å². The number of amides is 1. The highest BCUT2D eigenvalue weighted by Gasteiger charge is 2.17. The lowest BCUT2D eigenvalue weighted by Gasteiger charge is -2.26. The largest absolute Gasteiger partial charge is 0.378 e. The molecule has 5 rings (SSSR count). The average Bonchev–Trinajstić information content (AvgIpc) is 3.33. The first kappa shape index (κ1) is 21.9. The Kier molecular flexibility index (Phi) is 6.13. The van der Waals surface area contributed by atoms with Crippen molar-refractivity contribution in [3.63, 3.8) is 0 Å². The average molecular weight is 461 g/mol. The lowest BCUT2D eigenvalue weighted by molar-refractivity contribution is -0.136. The second kappa shape index (κ2) is 9.52. The van der Waals surface area contributed by atoms with Crippen molar-refractivity contribution in [1.82, 2.24) is 35.5 Å². The number of hydrogen-bond acceptors (Lipinski definition) is 8. The van der Waals surface area contributed by atoms with Crippen molar-refractivity contribution >= 4 is 22.8 Å². The molecule has 0 radical (unpaired) electrons. The van der Waals surface area contributed by atoms with Gasteiger partial charge in [0.1, 0.15) is 18.2 Å². The molecular formula is C24H28N8O2. The summed E-state index contributed by atoms with van der Waals surface area (Å²) in [5, 5.41) is 7.69. The summed E-state index contributed by atoms with van der Waals surface area (Å²) >= 11 is 0. The predicted molar refractivity (Wildman–Crippen MR) is 129 cm³/mol. The van der Waals surface area contributed by atoms with E-state index in [0.29, 0.717) is 38.0 Å². The normalized spacial score (nSPS) is 16.0. The Morgan fingerprint density at radius 3 is 2.85 bits per heavy atom. The number of morpholine rings is 1. The number of aromatic nitrogens is 4. The van der Waals surface area contributed by atoms with Gasteiger partial charge in [0.15, 0.2) is 0 Å². The van der Waals surface area contributed by atoms with Crippen LogP contribution in [0.4, 0.5) is 5.82 Å². The summed E-state index contributed by atoms with van der Waals surface area (Å²) < 4.78 is 6.98. The molecule has 0 unspecified atom stereocenters. The van der Waals surface area contributed by atoms with Gasteiger partial charge in [-0.15, -0.1) is 0 Å². The topological polar surface area (TPSA) is 109 Å². The molecule has 1 amide bonds. The van der Waals surface area contributed by atoms with E-state index in [1.165, 1.54) is 5.57 Å². The fraction of sp³-hybridized carbons (Fsp3) is 0.333. The number of carbonyl (C=O) groups excluding carboxylic acids is 1. The highest BCUT2D eigenvalue weighted by atomic mass is 16.5. The summed E-state index contributed by atoms with van der Waals surface area (Å²) in [4.78, 5) is 23.6. The van der Waals surface area contributed by atoms with Crippen molar-refractivity contribution in [2.75, 3.05) is 31.6 Å². The number of carbonyl (C=O) groups is 1. The lowest BCUT2D eigenvalue weighted by Crippen LogP contribution is -2.42. The van der Waals surface area contributed by atoms with Crippen LogP contribution in [0.3, 0.4) is 0 Å². The molecule has 3 aromatic rings. The summed E-state index contributed by atoms with van der Waals surface area (Å²) in [6, 6.07) is 5.83. The van der Waals surface area contributed by atoms with Crippen LogP contribution in [0.15, 0.2) is 60.5 Å².